The highest BCUT2D eigenvalue weighted by atomic mass is 16.5. The molecule has 0 unspecified atom stereocenters. The molecule has 0 radical (unpaired) electrons. The van der Waals surface area contributed by atoms with Crippen molar-refractivity contribution in [2.24, 2.45) is 5.73 Å². The third-order valence-electron chi connectivity index (χ3n) is 3.75. The monoisotopic (exact) mass is 304 g/mol. The van der Waals surface area contributed by atoms with Crippen LogP contribution in [0.1, 0.15) is 27.4 Å². The lowest BCUT2D eigenvalue weighted by Crippen LogP contribution is -2.30. The maximum absolute atomic E-state index is 11.4. The van der Waals surface area contributed by atoms with Gasteiger partial charge in [0.2, 0.25) is 0 Å². The van der Waals surface area contributed by atoms with Gasteiger partial charge in [0, 0.05) is 26.4 Å². The predicted octanol–water partition coefficient (Wildman–Crippen LogP) is -0.181. The summed E-state index contributed by atoms with van der Waals surface area (Å²) in [5.74, 6) is -0.496. The molecule has 3 rings (SSSR count). The summed E-state index contributed by atoms with van der Waals surface area (Å²) >= 11 is 0. The van der Waals surface area contributed by atoms with E-state index in [0.29, 0.717) is 17.8 Å². The molecule has 0 atom stereocenters. The third-order valence-corrected chi connectivity index (χ3v) is 3.75. The van der Waals surface area contributed by atoms with Gasteiger partial charge < -0.3 is 10.5 Å². The molecule has 2 aromatic heterocycles. The number of amides is 1. The van der Waals surface area contributed by atoms with Crippen molar-refractivity contribution in [3.05, 3.63) is 34.9 Å². The number of primary amides is 1. The number of carbonyl (C=O) groups is 1. The molecule has 8 nitrogen and oxygen atoms in total. The minimum atomic E-state index is -0.496. The van der Waals surface area contributed by atoms with Crippen LogP contribution in [0, 0.1) is 0 Å². The summed E-state index contributed by atoms with van der Waals surface area (Å²) in [6, 6.07) is 2.08. The van der Waals surface area contributed by atoms with Gasteiger partial charge in [-0.25, -0.2) is 0 Å². The lowest BCUT2D eigenvalue weighted by Gasteiger charge is -2.22. The summed E-state index contributed by atoms with van der Waals surface area (Å²) in [4.78, 5) is 13.7. The van der Waals surface area contributed by atoms with Gasteiger partial charge in [-0.3, -0.25) is 19.1 Å². The van der Waals surface area contributed by atoms with E-state index in [9.17, 15) is 4.79 Å². The van der Waals surface area contributed by atoms with Gasteiger partial charge in [0.15, 0.2) is 0 Å². The fourth-order valence-electron chi connectivity index (χ4n) is 2.69. The number of methoxy groups -OCH3 is 1. The van der Waals surface area contributed by atoms with Crippen LogP contribution in [0.4, 0.5) is 0 Å². The van der Waals surface area contributed by atoms with Crippen LogP contribution >= 0.6 is 0 Å². The molecule has 0 saturated heterocycles. The van der Waals surface area contributed by atoms with Crippen molar-refractivity contribution < 1.29 is 9.53 Å². The lowest BCUT2D eigenvalue weighted by atomic mass is 10.2. The van der Waals surface area contributed by atoms with E-state index in [4.69, 9.17) is 10.5 Å². The zero-order chi connectivity index (χ0) is 15.7. The summed E-state index contributed by atoms with van der Waals surface area (Å²) in [5, 5.41) is 8.96. The highest BCUT2D eigenvalue weighted by Gasteiger charge is 2.17. The molecule has 2 N–H and O–H groups in total. The number of nitrogens with zero attached hydrogens (tertiary/aromatic N) is 5. The largest absolute Gasteiger partial charge is 0.378 e. The summed E-state index contributed by atoms with van der Waals surface area (Å²) in [5.41, 5.74) is 8.44. The van der Waals surface area contributed by atoms with Crippen LogP contribution in [0.2, 0.25) is 0 Å². The van der Waals surface area contributed by atoms with E-state index in [-0.39, 0.29) is 6.61 Å². The molecule has 0 bridgehead atoms. The number of fused-ring (bicyclic) bond motifs is 1. The first-order chi connectivity index (χ1) is 10.6. The maximum atomic E-state index is 11.4. The number of likely N-dealkylation sites (N-methyl/N-ethyl adjacent to an activating group) is 1. The molecule has 0 spiro atoms. The van der Waals surface area contributed by atoms with E-state index in [1.54, 1.807) is 18.0 Å². The van der Waals surface area contributed by atoms with E-state index in [2.05, 4.69) is 28.2 Å². The zero-order valence-electron chi connectivity index (χ0n) is 12.8. The van der Waals surface area contributed by atoms with Gasteiger partial charge >= 0.3 is 0 Å². The van der Waals surface area contributed by atoms with E-state index in [1.807, 2.05) is 4.68 Å². The molecular weight excluding hydrogens is 284 g/mol. The number of ether oxygens (including phenoxy) is 1. The quantitative estimate of drug-likeness (QED) is 0.827. The minimum absolute atomic E-state index is 0.260. The van der Waals surface area contributed by atoms with Gasteiger partial charge in [-0.1, -0.05) is 0 Å². The molecule has 1 amide bonds. The van der Waals surface area contributed by atoms with E-state index < -0.39 is 5.91 Å². The molecule has 1 aliphatic heterocycles. The molecule has 0 saturated carbocycles. The number of hydrogen-bond acceptors (Lipinski definition) is 5. The molecule has 0 aromatic carbocycles. The minimum Gasteiger partial charge on any atom is -0.378 e. The highest BCUT2D eigenvalue weighted by molar-refractivity contribution is 5.93. The molecule has 0 aliphatic carbocycles. The van der Waals surface area contributed by atoms with E-state index in [0.717, 1.165) is 25.3 Å². The lowest BCUT2D eigenvalue weighted by molar-refractivity contribution is 0.0995. The fourth-order valence-corrected chi connectivity index (χ4v) is 2.69. The first-order valence-corrected chi connectivity index (χ1v) is 7.16. The summed E-state index contributed by atoms with van der Waals surface area (Å²) in [7, 11) is 3.66. The van der Waals surface area contributed by atoms with Crippen LogP contribution in [0.25, 0.3) is 0 Å². The average Bonchev–Trinajstić information content (AvgIpc) is 3.02. The van der Waals surface area contributed by atoms with Gasteiger partial charge in [-0.15, -0.1) is 0 Å². The van der Waals surface area contributed by atoms with Crippen molar-refractivity contribution in [3.63, 3.8) is 0 Å². The molecule has 8 heteroatoms. The van der Waals surface area contributed by atoms with Crippen LogP contribution in [-0.2, 0) is 31.0 Å². The Morgan fingerprint density at radius 2 is 2.23 bits per heavy atom. The topological polar surface area (TPSA) is 91.2 Å². The second kappa shape index (κ2) is 5.90. The summed E-state index contributed by atoms with van der Waals surface area (Å²) in [6.07, 6.45) is 1.65. The Bertz CT molecular complexity index is 690. The van der Waals surface area contributed by atoms with Crippen LogP contribution in [-0.4, -0.2) is 51.1 Å². The number of hydrogen-bond donors (Lipinski definition) is 1. The Labute approximate surface area is 128 Å². The van der Waals surface area contributed by atoms with Gasteiger partial charge in [-0.2, -0.15) is 10.2 Å². The predicted molar refractivity (Wildman–Crippen MR) is 79.1 cm³/mol. The number of aromatic nitrogens is 4. The van der Waals surface area contributed by atoms with E-state index >= 15 is 0 Å². The highest BCUT2D eigenvalue weighted by Crippen LogP contribution is 2.14. The Hall–Kier alpha value is -2.19. The van der Waals surface area contributed by atoms with Crippen molar-refractivity contribution in [3.8, 4) is 0 Å². The Morgan fingerprint density at radius 1 is 1.41 bits per heavy atom. The molecule has 2 aromatic rings. The second-order valence-corrected chi connectivity index (χ2v) is 5.57. The van der Waals surface area contributed by atoms with Gasteiger partial charge in [0.1, 0.15) is 5.69 Å². The van der Waals surface area contributed by atoms with Crippen molar-refractivity contribution in [1.29, 1.82) is 0 Å². The van der Waals surface area contributed by atoms with Gasteiger partial charge in [0.25, 0.3) is 5.91 Å². The molecule has 3 heterocycles. The van der Waals surface area contributed by atoms with Crippen LogP contribution in [0.5, 0.6) is 0 Å². The van der Waals surface area contributed by atoms with Crippen molar-refractivity contribution in [2.75, 3.05) is 20.7 Å². The SMILES string of the molecule is COCc1nn(Cc2cc3n(n2)CCN(C)C3)cc1C(N)=O. The molecular formula is C14H20N6O2. The van der Waals surface area contributed by atoms with Crippen LogP contribution < -0.4 is 5.73 Å². The van der Waals surface area contributed by atoms with Gasteiger partial charge in [-0.05, 0) is 13.1 Å². The number of nitrogens with two attached hydrogens (primary N) is 1. The smallest absolute Gasteiger partial charge is 0.252 e. The molecule has 118 valence electrons. The second-order valence-electron chi connectivity index (χ2n) is 5.57. The van der Waals surface area contributed by atoms with Crippen molar-refractivity contribution in [2.45, 2.75) is 26.2 Å². The molecule has 0 fully saturated rings. The Balaban J connectivity index is 1.81. The van der Waals surface area contributed by atoms with Crippen molar-refractivity contribution >= 4 is 5.91 Å². The summed E-state index contributed by atoms with van der Waals surface area (Å²) in [6.45, 7) is 3.56. The number of rotatable bonds is 5. The van der Waals surface area contributed by atoms with Gasteiger partial charge in [0.05, 0.1) is 36.6 Å². The Kier molecular flexibility index (Phi) is 3.95. The average molecular weight is 304 g/mol. The fraction of sp³-hybridized carbons (Fsp3) is 0.500. The first kappa shape index (κ1) is 14.7. The van der Waals surface area contributed by atoms with E-state index in [1.165, 1.54) is 5.69 Å². The molecule has 22 heavy (non-hydrogen) atoms. The number of carbonyl (C=O) groups excluding carboxylic acids is 1. The molecule has 1 aliphatic rings. The normalized spacial score (nSPS) is 15.0. The van der Waals surface area contributed by atoms with Crippen LogP contribution in [0.3, 0.4) is 0 Å². The maximum Gasteiger partial charge on any atom is 0.252 e. The standard InChI is InChI=1S/C14H20N6O2/c1-18-3-4-20-11(7-18)5-10(16-20)6-19-8-12(14(15)21)13(17-19)9-22-2/h5,8H,3-4,6-7,9H2,1-2H3,(H2,15,21). The summed E-state index contributed by atoms with van der Waals surface area (Å²) < 4.78 is 8.77. The first-order valence-electron chi connectivity index (χ1n) is 7.16. The van der Waals surface area contributed by atoms with Crippen LogP contribution in [0.15, 0.2) is 12.3 Å². The third kappa shape index (κ3) is 2.88. The Morgan fingerprint density at radius 3 is 2.95 bits per heavy atom. The zero-order valence-corrected chi connectivity index (χ0v) is 12.8. The van der Waals surface area contributed by atoms with Crippen molar-refractivity contribution in [1.82, 2.24) is 24.5 Å².